The van der Waals surface area contributed by atoms with E-state index in [4.69, 9.17) is 0 Å². The molecule has 1 aromatic rings. The largest absolute Gasteiger partial charge is 0.132 e. The minimum Gasteiger partial charge on any atom is -0.132 e. The molecule has 1 aromatic heterocycles. The van der Waals surface area contributed by atoms with Crippen LogP contribution in [0.5, 0.6) is 0 Å². The Balaban J connectivity index is 2.71. The summed E-state index contributed by atoms with van der Waals surface area (Å²) in [5.74, 6) is 0.741. The van der Waals surface area contributed by atoms with Crippen molar-refractivity contribution in [1.82, 2.24) is 0 Å². The van der Waals surface area contributed by atoms with Crippen LogP contribution in [0.2, 0.25) is 0 Å². The van der Waals surface area contributed by atoms with Gasteiger partial charge < -0.3 is 0 Å². The van der Waals surface area contributed by atoms with Gasteiger partial charge in [0.1, 0.15) is 0 Å². The molecule has 0 aliphatic heterocycles. The van der Waals surface area contributed by atoms with E-state index in [-0.39, 0.29) is 0 Å². The van der Waals surface area contributed by atoms with Crippen molar-refractivity contribution in [3.05, 3.63) is 20.3 Å². The van der Waals surface area contributed by atoms with E-state index in [9.17, 15) is 0 Å². The topological polar surface area (TPSA) is 0 Å². The minimum absolute atomic E-state index is 0.516. The van der Waals surface area contributed by atoms with E-state index in [2.05, 4.69) is 58.7 Å². The highest BCUT2D eigenvalue weighted by atomic mass is 79.9. The molecule has 74 valence electrons. The van der Waals surface area contributed by atoms with Crippen LogP contribution in [0.1, 0.15) is 35.5 Å². The zero-order chi connectivity index (χ0) is 10.0. The molecule has 0 N–H and O–H groups in total. The van der Waals surface area contributed by atoms with Crippen molar-refractivity contribution in [2.75, 3.05) is 0 Å². The van der Waals surface area contributed by atoms with Crippen molar-refractivity contribution in [3.63, 3.8) is 0 Å². The van der Waals surface area contributed by atoms with E-state index in [1.54, 1.807) is 0 Å². The first kappa shape index (κ1) is 11.7. The number of thiophene rings is 1. The van der Waals surface area contributed by atoms with Crippen molar-refractivity contribution in [3.8, 4) is 0 Å². The predicted octanol–water partition coefficient (Wildman–Crippen LogP) is 5.30. The summed E-state index contributed by atoms with van der Waals surface area (Å²) in [7, 11) is 0. The molecule has 0 saturated heterocycles. The lowest BCUT2D eigenvalue weighted by Crippen LogP contribution is -1.93. The van der Waals surface area contributed by atoms with E-state index in [0.717, 1.165) is 5.92 Å². The Labute approximate surface area is 101 Å². The van der Waals surface area contributed by atoms with Gasteiger partial charge in [-0.2, -0.15) is 0 Å². The fourth-order valence-corrected chi connectivity index (χ4v) is 3.89. The third-order valence-corrected chi connectivity index (χ3v) is 5.28. The number of hydrogen-bond acceptors (Lipinski definition) is 1. The Hall–Kier alpha value is 0.660. The molecule has 0 bridgehead atoms. The van der Waals surface area contributed by atoms with Crippen LogP contribution in [0.4, 0.5) is 0 Å². The molecule has 0 nitrogen and oxygen atoms in total. The van der Waals surface area contributed by atoms with Crippen molar-refractivity contribution in [2.45, 2.75) is 32.0 Å². The van der Waals surface area contributed by atoms with Gasteiger partial charge in [0, 0.05) is 9.70 Å². The normalized spacial score (nSPS) is 13.7. The van der Waals surface area contributed by atoms with E-state index in [1.165, 1.54) is 20.6 Å². The van der Waals surface area contributed by atoms with Gasteiger partial charge in [-0.25, -0.2) is 0 Å². The van der Waals surface area contributed by atoms with Gasteiger partial charge in [0.05, 0.1) is 3.79 Å². The Morgan fingerprint density at radius 2 is 2.08 bits per heavy atom. The average molecular weight is 326 g/mol. The number of hydrogen-bond donors (Lipinski definition) is 0. The average Bonchev–Trinajstić information content (AvgIpc) is 2.31. The summed E-state index contributed by atoms with van der Waals surface area (Å²) in [5, 5.41) is 0. The summed E-state index contributed by atoms with van der Waals surface area (Å²) in [5.41, 5.74) is 1.34. The molecule has 0 amide bonds. The molecule has 1 atom stereocenters. The van der Waals surface area contributed by atoms with E-state index in [0.29, 0.717) is 4.83 Å². The quantitative estimate of drug-likeness (QED) is 0.661. The van der Waals surface area contributed by atoms with Crippen LogP contribution in [0.15, 0.2) is 9.85 Å². The lowest BCUT2D eigenvalue weighted by molar-refractivity contribution is 0.587. The van der Waals surface area contributed by atoms with Crippen molar-refractivity contribution in [2.24, 2.45) is 5.92 Å². The van der Waals surface area contributed by atoms with Crippen molar-refractivity contribution < 1.29 is 0 Å². The van der Waals surface area contributed by atoms with Gasteiger partial charge in [0.2, 0.25) is 0 Å². The number of aryl methyl sites for hydroxylation is 1. The standard InChI is InChI=1S/C10H14Br2S/c1-6(2)4-8(11)9-5-7(3)10(12)13-9/h5-6,8H,4H2,1-3H3. The second-order valence-corrected chi connectivity index (χ2v) is 7.21. The first-order valence-electron chi connectivity index (χ1n) is 4.40. The molecule has 0 aliphatic carbocycles. The zero-order valence-corrected chi connectivity index (χ0v) is 12.1. The lowest BCUT2D eigenvalue weighted by atomic mass is 10.1. The fraction of sp³-hybridized carbons (Fsp3) is 0.600. The molecule has 0 aliphatic rings. The maximum absolute atomic E-state index is 3.72. The van der Waals surface area contributed by atoms with Crippen molar-refractivity contribution >= 4 is 43.2 Å². The van der Waals surface area contributed by atoms with Gasteiger partial charge in [-0.15, -0.1) is 11.3 Å². The maximum Gasteiger partial charge on any atom is 0.0730 e. The summed E-state index contributed by atoms with van der Waals surface area (Å²) in [6.07, 6.45) is 1.20. The van der Waals surface area contributed by atoms with Gasteiger partial charge in [-0.05, 0) is 46.8 Å². The Morgan fingerprint density at radius 1 is 1.46 bits per heavy atom. The number of rotatable bonds is 3. The van der Waals surface area contributed by atoms with Gasteiger partial charge in [-0.1, -0.05) is 29.8 Å². The highest BCUT2D eigenvalue weighted by Gasteiger charge is 2.13. The molecule has 1 rings (SSSR count). The summed E-state index contributed by atoms with van der Waals surface area (Å²) in [6.45, 7) is 6.65. The SMILES string of the molecule is Cc1cc(C(Br)CC(C)C)sc1Br. The molecule has 0 fully saturated rings. The van der Waals surface area contributed by atoms with Gasteiger partial charge in [-0.3, -0.25) is 0 Å². The predicted molar refractivity (Wildman–Crippen MR) is 67.9 cm³/mol. The molecule has 0 spiro atoms. The van der Waals surface area contributed by atoms with Crippen LogP contribution < -0.4 is 0 Å². The fourth-order valence-electron chi connectivity index (χ4n) is 1.17. The van der Waals surface area contributed by atoms with Gasteiger partial charge >= 0.3 is 0 Å². The Bertz CT molecular complexity index is 259. The van der Waals surface area contributed by atoms with E-state index >= 15 is 0 Å². The highest BCUT2D eigenvalue weighted by Crippen LogP contribution is 2.38. The van der Waals surface area contributed by atoms with E-state index < -0.39 is 0 Å². The summed E-state index contributed by atoms with van der Waals surface area (Å²) < 4.78 is 1.26. The molecule has 1 heterocycles. The lowest BCUT2D eigenvalue weighted by Gasteiger charge is -2.09. The summed E-state index contributed by atoms with van der Waals surface area (Å²) in [6, 6.07) is 2.26. The molecule has 3 heteroatoms. The molecule has 0 saturated carbocycles. The third-order valence-electron chi connectivity index (χ3n) is 1.86. The maximum atomic E-state index is 3.72. The van der Waals surface area contributed by atoms with Crippen LogP contribution in [-0.4, -0.2) is 0 Å². The third kappa shape index (κ3) is 3.37. The van der Waals surface area contributed by atoms with Gasteiger partial charge in [0.25, 0.3) is 0 Å². The monoisotopic (exact) mass is 324 g/mol. The summed E-state index contributed by atoms with van der Waals surface area (Å²) >= 11 is 9.11. The van der Waals surface area contributed by atoms with Crippen LogP contribution in [0, 0.1) is 12.8 Å². The molecule has 13 heavy (non-hydrogen) atoms. The van der Waals surface area contributed by atoms with Crippen LogP contribution in [-0.2, 0) is 0 Å². The Kier molecular flexibility index (Phi) is 4.46. The van der Waals surface area contributed by atoms with Gasteiger partial charge in [0.15, 0.2) is 0 Å². The van der Waals surface area contributed by atoms with Crippen LogP contribution in [0.25, 0.3) is 0 Å². The number of halogens is 2. The van der Waals surface area contributed by atoms with E-state index in [1.807, 2.05) is 11.3 Å². The number of alkyl halides is 1. The molecule has 0 aromatic carbocycles. The highest BCUT2D eigenvalue weighted by molar-refractivity contribution is 9.11. The van der Waals surface area contributed by atoms with Crippen LogP contribution >= 0.6 is 43.2 Å². The first-order chi connectivity index (χ1) is 6.00. The van der Waals surface area contributed by atoms with Crippen LogP contribution in [0.3, 0.4) is 0 Å². The molecular weight excluding hydrogens is 312 g/mol. The minimum atomic E-state index is 0.516. The Morgan fingerprint density at radius 3 is 2.46 bits per heavy atom. The molecule has 1 unspecified atom stereocenters. The second-order valence-electron chi connectivity index (χ2n) is 3.70. The molecule has 0 radical (unpaired) electrons. The van der Waals surface area contributed by atoms with Crippen molar-refractivity contribution in [1.29, 1.82) is 0 Å². The second kappa shape index (κ2) is 4.94. The first-order valence-corrected chi connectivity index (χ1v) is 6.93. The molecular formula is C10H14Br2S. The zero-order valence-electron chi connectivity index (χ0n) is 8.10. The smallest absolute Gasteiger partial charge is 0.0730 e. The summed E-state index contributed by atoms with van der Waals surface area (Å²) in [4.78, 5) is 1.94.